The minimum absolute atomic E-state index is 0.0848. The second-order valence-electron chi connectivity index (χ2n) is 7.23. The molecular formula is C22H25FN2O2. The van der Waals surface area contributed by atoms with Gasteiger partial charge in [-0.05, 0) is 23.6 Å². The van der Waals surface area contributed by atoms with Crippen LogP contribution in [-0.4, -0.2) is 47.8 Å². The van der Waals surface area contributed by atoms with Crippen LogP contribution in [0.2, 0.25) is 0 Å². The molecule has 1 aliphatic rings. The molecule has 0 spiro atoms. The van der Waals surface area contributed by atoms with E-state index in [-0.39, 0.29) is 29.2 Å². The number of carbonyl (C=O) groups excluding carboxylic acids is 2. The fraction of sp³-hybridized carbons (Fsp3) is 0.364. The lowest BCUT2D eigenvalue weighted by molar-refractivity contribution is -0.135. The number of halogens is 1. The Labute approximate surface area is 159 Å². The Bertz CT molecular complexity index is 799. The molecule has 0 bridgehead atoms. The first-order valence-electron chi connectivity index (χ1n) is 9.36. The van der Waals surface area contributed by atoms with Crippen LogP contribution in [0.25, 0.3) is 0 Å². The Kier molecular flexibility index (Phi) is 5.89. The number of amides is 2. The molecule has 1 saturated heterocycles. The number of nitrogens with zero attached hydrogens (tertiary/aromatic N) is 2. The standard InChI is InChI=1S/C22H25FN2O2/c1-16(2)20(17-8-4-3-5-9-17)22(27)25-14-12-24(13-15-25)21(26)18-10-6-7-11-19(18)23/h3-11,16,20H,12-15H2,1-2H3. The summed E-state index contributed by atoms with van der Waals surface area (Å²) < 4.78 is 13.9. The molecule has 1 fully saturated rings. The molecule has 1 aliphatic heterocycles. The molecule has 0 N–H and O–H groups in total. The van der Waals surface area contributed by atoms with Gasteiger partial charge in [-0.25, -0.2) is 4.39 Å². The highest BCUT2D eigenvalue weighted by molar-refractivity contribution is 5.94. The zero-order valence-electron chi connectivity index (χ0n) is 15.8. The van der Waals surface area contributed by atoms with E-state index in [1.54, 1.807) is 17.0 Å². The Balaban J connectivity index is 1.67. The van der Waals surface area contributed by atoms with E-state index in [0.29, 0.717) is 26.2 Å². The van der Waals surface area contributed by atoms with Crippen molar-refractivity contribution in [3.05, 3.63) is 71.5 Å². The number of benzene rings is 2. The molecule has 2 amide bonds. The number of hydrogen-bond donors (Lipinski definition) is 0. The van der Waals surface area contributed by atoms with Crippen LogP contribution in [0.5, 0.6) is 0 Å². The minimum atomic E-state index is -0.509. The monoisotopic (exact) mass is 368 g/mol. The summed E-state index contributed by atoms with van der Waals surface area (Å²) in [6.07, 6.45) is 0. The summed E-state index contributed by atoms with van der Waals surface area (Å²) in [7, 11) is 0. The Morgan fingerprint density at radius 2 is 1.41 bits per heavy atom. The van der Waals surface area contributed by atoms with Gasteiger partial charge in [-0.3, -0.25) is 9.59 Å². The maximum atomic E-state index is 13.9. The predicted octanol–water partition coefficient (Wildman–Crippen LogP) is 3.55. The van der Waals surface area contributed by atoms with Crippen LogP contribution in [-0.2, 0) is 4.79 Å². The average Bonchev–Trinajstić information content (AvgIpc) is 2.68. The summed E-state index contributed by atoms with van der Waals surface area (Å²) >= 11 is 0. The quantitative estimate of drug-likeness (QED) is 0.828. The zero-order valence-corrected chi connectivity index (χ0v) is 15.8. The van der Waals surface area contributed by atoms with Crippen LogP contribution in [0.1, 0.15) is 35.7 Å². The summed E-state index contributed by atoms with van der Waals surface area (Å²) in [4.78, 5) is 29.1. The lowest BCUT2D eigenvalue weighted by Gasteiger charge is -2.37. The van der Waals surface area contributed by atoms with Gasteiger partial charge in [-0.1, -0.05) is 56.3 Å². The molecule has 0 radical (unpaired) electrons. The molecule has 142 valence electrons. The molecule has 0 aliphatic carbocycles. The van der Waals surface area contributed by atoms with Gasteiger partial charge in [0.05, 0.1) is 11.5 Å². The average molecular weight is 368 g/mol. The SMILES string of the molecule is CC(C)C(C(=O)N1CCN(C(=O)c2ccccc2F)CC1)c1ccccc1. The van der Waals surface area contributed by atoms with E-state index in [2.05, 4.69) is 0 Å². The van der Waals surface area contributed by atoms with Gasteiger partial charge in [0, 0.05) is 26.2 Å². The minimum Gasteiger partial charge on any atom is -0.339 e. The Morgan fingerprint density at radius 1 is 0.852 bits per heavy atom. The molecule has 5 heteroatoms. The van der Waals surface area contributed by atoms with Crippen molar-refractivity contribution in [3.63, 3.8) is 0 Å². The van der Waals surface area contributed by atoms with E-state index in [1.807, 2.05) is 49.1 Å². The number of hydrogen-bond acceptors (Lipinski definition) is 2. The third kappa shape index (κ3) is 4.18. The van der Waals surface area contributed by atoms with E-state index in [1.165, 1.54) is 12.1 Å². The van der Waals surface area contributed by atoms with Gasteiger partial charge in [0.1, 0.15) is 5.82 Å². The van der Waals surface area contributed by atoms with Crippen LogP contribution in [0.4, 0.5) is 4.39 Å². The molecule has 4 nitrogen and oxygen atoms in total. The Hall–Kier alpha value is -2.69. The zero-order chi connectivity index (χ0) is 19.4. The van der Waals surface area contributed by atoms with E-state index in [4.69, 9.17) is 0 Å². The van der Waals surface area contributed by atoms with E-state index < -0.39 is 5.82 Å². The largest absolute Gasteiger partial charge is 0.339 e. The maximum Gasteiger partial charge on any atom is 0.256 e. The lowest BCUT2D eigenvalue weighted by Crippen LogP contribution is -2.52. The van der Waals surface area contributed by atoms with E-state index in [9.17, 15) is 14.0 Å². The van der Waals surface area contributed by atoms with E-state index >= 15 is 0 Å². The van der Waals surface area contributed by atoms with Crippen molar-refractivity contribution in [1.82, 2.24) is 9.80 Å². The fourth-order valence-electron chi connectivity index (χ4n) is 3.60. The fourth-order valence-corrected chi connectivity index (χ4v) is 3.60. The molecule has 2 aromatic carbocycles. The van der Waals surface area contributed by atoms with Crippen molar-refractivity contribution in [2.45, 2.75) is 19.8 Å². The summed E-state index contributed by atoms with van der Waals surface area (Å²) in [5.41, 5.74) is 1.10. The van der Waals surface area contributed by atoms with Crippen LogP contribution in [0.3, 0.4) is 0 Å². The maximum absolute atomic E-state index is 13.9. The third-order valence-electron chi connectivity index (χ3n) is 5.07. The predicted molar refractivity (Wildman–Crippen MR) is 103 cm³/mol. The van der Waals surface area contributed by atoms with Crippen molar-refractivity contribution < 1.29 is 14.0 Å². The van der Waals surface area contributed by atoms with Gasteiger partial charge in [-0.15, -0.1) is 0 Å². The van der Waals surface area contributed by atoms with Gasteiger partial charge in [0.15, 0.2) is 0 Å². The second-order valence-corrected chi connectivity index (χ2v) is 7.23. The van der Waals surface area contributed by atoms with E-state index in [0.717, 1.165) is 5.56 Å². The number of rotatable bonds is 4. The van der Waals surface area contributed by atoms with Crippen molar-refractivity contribution in [2.24, 2.45) is 5.92 Å². The summed E-state index contributed by atoms with van der Waals surface area (Å²) in [5.74, 6) is -0.749. The molecule has 3 rings (SSSR count). The molecule has 1 atom stereocenters. The normalized spacial score (nSPS) is 15.7. The number of carbonyl (C=O) groups is 2. The van der Waals surface area contributed by atoms with Gasteiger partial charge < -0.3 is 9.80 Å². The molecule has 0 saturated carbocycles. The molecule has 1 heterocycles. The van der Waals surface area contributed by atoms with Crippen molar-refractivity contribution >= 4 is 11.8 Å². The highest BCUT2D eigenvalue weighted by atomic mass is 19.1. The summed E-state index contributed by atoms with van der Waals surface area (Å²) in [6, 6.07) is 15.8. The highest BCUT2D eigenvalue weighted by Crippen LogP contribution is 2.27. The van der Waals surface area contributed by atoms with Crippen LogP contribution in [0.15, 0.2) is 54.6 Å². The topological polar surface area (TPSA) is 40.6 Å². The van der Waals surface area contributed by atoms with Gasteiger partial charge in [-0.2, -0.15) is 0 Å². The third-order valence-corrected chi connectivity index (χ3v) is 5.07. The van der Waals surface area contributed by atoms with Crippen LogP contribution in [0, 0.1) is 11.7 Å². The van der Waals surface area contributed by atoms with Crippen molar-refractivity contribution in [3.8, 4) is 0 Å². The summed E-state index contributed by atoms with van der Waals surface area (Å²) in [5, 5.41) is 0. The first-order chi connectivity index (χ1) is 13.0. The molecule has 1 unspecified atom stereocenters. The molecule has 2 aromatic rings. The summed E-state index contributed by atoms with van der Waals surface area (Å²) in [6.45, 7) is 5.86. The number of piperazine rings is 1. The van der Waals surface area contributed by atoms with Crippen LogP contribution < -0.4 is 0 Å². The first-order valence-corrected chi connectivity index (χ1v) is 9.36. The van der Waals surface area contributed by atoms with Gasteiger partial charge in [0.2, 0.25) is 5.91 Å². The van der Waals surface area contributed by atoms with Gasteiger partial charge in [0.25, 0.3) is 5.91 Å². The van der Waals surface area contributed by atoms with Crippen LogP contribution >= 0.6 is 0 Å². The highest BCUT2D eigenvalue weighted by Gasteiger charge is 2.32. The van der Waals surface area contributed by atoms with Gasteiger partial charge >= 0.3 is 0 Å². The molecular weight excluding hydrogens is 343 g/mol. The van der Waals surface area contributed by atoms with Crippen molar-refractivity contribution in [1.29, 1.82) is 0 Å². The first kappa shape index (κ1) is 19.1. The smallest absolute Gasteiger partial charge is 0.256 e. The molecule has 0 aromatic heterocycles. The lowest BCUT2D eigenvalue weighted by atomic mass is 9.87. The second kappa shape index (κ2) is 8.33. The molecule has 27 heavy (non-hydrogen) atoms. The van der Waals surface area contributed by atoms with Crippen molar-refractivity contribution in [2.75, 3.05) is 26.2 Å². The Morgan fingerprint density at radius 3 is 2.00 bits per heavy atom.